The first kappa shape index (κ1) is 20.3. The summed E-state index contributed by atoms with van der Waals surface area (Å²) in [5.74, 6) is 0.385. The van der Waals surface area contributed by atoms with Crippen molar-refractivity contribution >= 4 is 15.9 Å². The summed E-state index contributed by atoms with van der Waals surface area (Å²) in [6, 6.07) is 6.94. The number of nitrogens with one attached hydrogen (secondary N) is 1. The molecule has 2 atom stereocenters. The summed E-state index contributed by atoms with van der Waals surface area (Å²) < 4.78 is 27.4. The van der Waals surface area contributed by atoms with Crippen LogP contribution in [0.2, 0.25) is 0 Å². The number of carbonyl (C=O) groups excluding carboxylic acids is 1. The number of aryl methyl sites for hydroxylation is 1. The molecular weight excluding hydrogens is 362 g/mol. The highest BCUT2D eigenvalue weighted by atomic mass is 32.2. The molecule has 2 saturated heterocycles. The molecule has 2 aliphatic rings. The van der Waals surface area contributed by atoms with Crippen molar-refractivity contribution in [3.05, 3.63) is 29.8 Å². The number of rotatable bonds is 5. The molecule has 0 aromatic heterocycles. The number of piperidine rings is 2. The van der Waals surface area contributed by atoms with Gasteiger partial charge in [0.05, 0.1) is 10.8 Å². The van der Waals surface area contributed by atoms with Crippen molar-refractivity contribution in [2.45, 2.75) is 37.5 Å². The summed E-state index contributed by atoms with van der Waals surface area (Å²) in [5.41, 5.74) is 1.03. The lowest BCUT2D eigenvalue weighted by Crippen LogP contribution is -2.49. The van der Waals surface area contributed by atoms with E-state index in [2.05, 4.69) is 5.32 Å². The van der Waals surface area contributed by atoms with Gasteiger partial charge in [0, 0.05) is 26.2 Å². The average molecular weight is 394 g/mol. The minimum atomic E-state index is -3.54. The van der Waals surface area contributed by atoms with Crippen molar-refractivity contribution in [1.82, 2.24) is 14.5 Å². The molecule has 0 saturated carbocycles. The van der Waals surface area contributed by atoms with Crippen LogP contribution in [0.1, 0.15) is 31.2 Å². The molecule has 27 heavy (non-hydrogen) atoms. The Morgan fingerprint density at radius 3 is 2.52 bits per heavy atom. The van der Waals surface area contributed by atoms with Gasteiger partial charge in [-0.05, 0) is 64.3 Å². The molecule has 1 aromatic carbocycles. The molecule has 0 aliphatic carbocycles. The fraction of sp³-hybridized carbons (Fsp3) is 0.650. The van der Waals surface area contributed by atoms with Gasteiger partial charge < -0.3 is 10.2 Å². The van der Waals surface area contributed by atoms with Gasteiger partial charge in [-0.15, -0.1) is 0 Å². The number of amides is 1. The SMILES string of the molecule is CNCC1CCCN(C(=O)C2CCCN(S(=O)(=O)c3ccc(C)cc3)C2)C1. The molecule has 150 valence electrons. The lowest BCUT2D eigenvalue weighted by molar-refractivity contribution is -0.138. The number of hydrogen-bond acceptors (Lipinski definition) is 4. The van der Waals surface area contributed by atoms with Crippen LogP contribution in [0.3, 0.4) is 0 Å². The normalized spacial score (nSPS) is 24.7. The van der Waals surface area contributed by atoms with Crippen molar-refractivity contribution in [3.63, 3.8) is 0 Å². The van der Waals surface area contributed by atoms with Gasteiger partial charge in [-0.3, -0.25) is 4.79 Å². The monoisotopic (exact) mass is 393 g/mol. The molecule has 6 nitrogen and oxygen atoms in total. The molecule has 0 radical (unpaired) electrons. The maximum absolute atomic E-state index is 13.0. The minimum absolute atomic E-state index is 0.125. The van der Waals surface area contributed by atoms with E-state index in [1.165, 1.54) is 4.31 Å². The Balaban J connectivity index is 1.68. The molecule has 2 unspecified atom stereocenters. The summed E-state index contributed by atoms with van der Waals surface area (Å²) in [6.07, 6.45) is 3.67. The third-order valence-corrected chi connectivity index (χ3v) is 7.59. The van der Waals surface area contributed by atoms with Crippen LogP contribution in [0.5, 0.6) is 0 Å². The van der Waals surface area contributed by atoms with Gasteiger partial charge in [0.2, 0.25) is 15.9 Å². The average Bonchev–Trinajstić information content (AvgIpc) is 2.68. The Morgan fingerprint density at radius 1 is 1.11 bits per heavy atom. The maximum Gasteiger partial charge on any atom is 0.243 e. The van der Waals surface area contributed by atoms with Crippen LogP contribution >= 0.6 is 0 Å². The van der Waals surface area contributed by atoms with E-state index in [9.17, 15) is 13.2 Å². The Hall–Kier alpha value is -1.44. The first-order valence-electron chi connectivity index (χ1n) is 9.92. The fourth-order valence-electron chi connectivity index (χ4n) is 4.20. The molecule has 0 spiro atoms. The third kappa shape index (κ3) is 4.70. The van der Waals surface area contributed by atoms with Gasteiger partial charge in [-0.1, -0.05) is 17.7 Å². The van der Waals surface area contributed by atoms with E-state index in [4.69, 9.17) is 0 Å². The van der Waals surface area contributed by atoms with Crippen molar-refractivity contribution in [3.8, 4) is 0 Å². The number of sulfonamides is 1. The molecule has 7 heteroatoms. The topological polar surface area (TPSA) is 69.7 Å². The van der Waals surface area contributed by atoms with Gasteiger partial charge >= 0.3 is 0 Å². The molecular formula is C20H31N3O3S. The lowest BCUT2D eigenvalue weighted by Gasteiger charge is -2.38. The van der Waals surface area contributed by atoms with Gasteiger partial charge in [-0.25, -0.2) is 8.42 Å². The maximum atomic E-state index is 13.0. The van der Waals surface area contributed by atoms with Crippen LogP contribution in [0.25, 0.3) is 0 Å². The molecule has 1 amide bonds. The quantitative estimate of drug-likeness (QED) is 0.829. The van der Waals surface area contributed by atoms with E-state index in [0.717, 1.165) is 50.9 Å². The Morgan fingerprint density at radius 2 is 1.81 bits per heavy atom. The van der Waals surface area contributed by atoms with Crippen molar-refractivity contribution < 1.29 is 13.2 Å². The lowest BCUT2D eigenvalue weighted by atomic mass is 9.93. The van der Waals surface area contributed by atoms with Crippen molar-refractivity contribution in [2.75, 3.05) is 39.8 Å². The summed E-state index contributed by atoms with van der Waals surface area (Å²) in [6.45, 7) is 5.21. The Kier molecular flexibility index (Phi) is 6.55. The summed E-state index contributed by atoms with van der Waals surface area (Å²) in [5, 5.41) is 3.20. The van der Waals surface area contributed by atoms with Gasteiger partial charge in [0.1, 0.15) is 0 Å². The van der Waals surface area contributed by atoms with Crippen LogP contribution < -0.4 is 5.32 Å². The van der Waals surface area contributed by atoms with Crippen molar-refractivity contribution in [2.24, 2.45) is 11.8 Å². The second kappa shape index (κ2) is 8.71. The molecule has 1 N–H and O–H groups in total. The number of hydrogen-bond donors (Lipinski definition) is 1. The van der Waals surface area contributed by atoms with Crippen LogP contribution in [0, 0.1) is 18.8 Å². The highest BCUT2D eigenvalue weighted by Crippen LogP contribution is 2.27. The van der Waals surface area contributed by atoms with E-state index in [-0.39, 0.29) is 11.8 Å². The Labute approximate surface area is 163 Å². The van der Waals surface area contributed by atoms with E-state index < -0.39 is 10.0 Å². The molecule has 2 fully saturated rings. The smallest absolute Gasteiger partial charge is 0.243 e. The Bertz CT molecular complexity index is 746. The summed E-state index contributed by atoms with van der Waals surface area (Å²) in [7, 11) is -1.60. The molecule has 1 aromatic rings. The molecule has 2 heterocycles. The predicted molar refractivity (Wildman–Crippen MR) is 106 cm³/mol. The summed E-state index contributed by atoms with van der Waals surface area (Å²) in [4.78, 5) is 15.3. The standard InChI is InChI=1S/C20H31N3O3S/c1-16-7-9-19(10-8-16)27(25,26)23-12-4-6-18(15-23)20(24)22-11-3-5-17(14-22)13-21-2/h7-10,17-18,21H,3-6,11-15H2,1-2H3. The fourth-order valence-corrected chi connectivity index (χ4v) is 5.72. The predicted octanol–water partition coefficient (Wildman–Crippen LogP) is 1.85. The number of nitrogens with zero attached hydrogens (tertiary/aromatic N) is 2. The van der Waals surface area contributed by atoms with E-state index >= 15 is 0 Å². The second-order valence-corrected chi connectivity index (χ2v) is 9.80. The van der Waals surface area contributed by atoms with Crippen molar-refractivity contribution in [1.29, 1.82) is 0 Å². The van der Waals surface area contributed by atoms with Crippen LogP contribution in [-0.4, -0.2) is 63.3 Å². The molecule has 3 rings (SSSR count). The van der Waals surface area contributed by atoms with E-state index in [0.29, 0.717) is 23.9 Å². The molecule has 2 aliphatic heterocycles. The van der Waals surface area contributed by atoms with Gasteiger partial charge in [0.25, 0.3) is 0 Å². The zero-order chi connectivity index (χ0) is 19.4. The van der Waals surface area contributed by atoms with E-state index in [1.54, 1.807) is 12.1 Å². The second-order valence-electron chi connectivity index (χ2n) is 7.87. The van der Waals surface area contributed by atoms with Crippen LogP contribution in [0.15, 0.2) is 29.2 Å². The highest BCUT2D eigenvalue weighted by Gasteiger charge is 2.36. The zero-order valence-corrected chi connectivity index (χ0v) is 17.2. The number of benzene rings is 1. The largest absolute Gasteiger partial charge is 0.342 e. The van der Waals surface area contributed by atoms with Gasteiger partial charge in [-0.2, -0.15) is 4.31 Å². The van der Waals surface area contributed by atoms with Gasteiger partial charge in [0.15, 0.2) is 0 Å². The first-order valence-corrected chi connectivity index (χ1v) is 11.4. The zero-order valence-electron chi connectivity index (χ0n) is 16.4. The highest BCUT2D eigenvalue weighted by molar-refractivity contribution is 7.89. The van der Waals surface area contributed by atoms with Crippen LogP contribution in [0.4, 0.5) is 0 Å². The molecule has 0 bridgehead atoms. The first-order chi connectivity index (χ1) is 12.9. The number of carbonyl (C=O) groups is 1. The number of likely N-dealkylation sites (tertiary alicyclic amines) is 1. The van der Waals surface area contributed by atoms with E-state index in [1.807, 2.05) is 31.0 Å². The third-order valence-electron chi connectivity index (χ3n) is 5.72. The summed E-state index contributed by atoms with van der Waals surface area (Å²) >= 11 is 0. The minimum Gasteiger partial charge on any atom is -0.342 e. The van der Waals surface area contributed by atoms with Crippen LogP contribution in [-0.2, 0) is 14.8 Å².